The third-order valence-corrected chi connectivity index (χ3v) is 3.95. The van der Waals surface area contributed by atoms with Crippen LogP contribution in [0.3, 0.4) is 0 Å². The van der Waals surface area contributed by atoms with Gasteiger partial charge in [-0.15, -0.1) is 0 Å². The molecule has 102 valence electrons. The van der Waals surface area contributed by atoms with Gasteiger partial charge < -0.3 is 4.90 Å². The van der Waals surface area contributed by atoms with E-state index in [1.54, 1.807) is 0 Å². The van der Waals surface area contributed by atoms with Crippen LogP contribution in [0.5, 0.6) is 0 Å². The predicted octanol–water partition coefficient (Wildman–Crippen LogP) is 4.50. The van der Waals surface area contributed by atoms with Crippen molar-refractivity contribution >= 4 is 17.2 Å². The molecule has 0 aliphatic carbocycles. The number of amidine groups is 1. The van der Waals surface area contributed by atoms with Crippen molar-refractivity contribution in [2.75, 3.05) is 11.9 Å². The summed E-state index contributed by atoms with van der Waals surface area (Å²) in [5, 5.41) is 0. The molecule has 1 aliphatic heterocycles. The number of nitrogens with zero attached hydrogens (tertiary/aromatic N) is 2. The van der Waals surface area contributed by atoms with Crippen LogP contribution in [-0.2, 0) is 6.42 Å². The van der Waals surface area contributed by atoms with Crippen LogP contribution in [0.15, 0.2) is 53.5 Å². The average Bonchev–Trinajstić information content (AvgIpc) is 2.62. The van der Waals surface area contributed by atoms with Crippen molar-refractivity contribution < 1.29 is 0 Å². The van der Waals surface area contributed by atoms with Crippen molar-refractivity contribution in [1.29, 1.82) is 0 Å². The Morgan fingerprint density at radius 3 is 2.55 bits per heavy atom. The molecule has 0 unspecified atom stereocenters. The quantitative estimate of drug-likeness (QED) is 0.740. The number of rotatable bonds is 1. The molecule has 0 saturated heterocycles. The van der Waals surface area contributed by atoms with Crippen molar-refractivity contribution in [2.24, 2.45) is 4.99 Å². The van der Waals surface area contributed by atoms with Gasteiger partial charge in [-0.25, -0.2) is 4.99 Å². The van der Waals surface area contributed by atoms with Crippen molar-refractivity contribution in [3.63, 3.8) is 0 Å². The molecule has 0 amide bonds. The fraction of sp³-hybridized carbons (Fsp3) is 0.278. The van der Waals surface area contributed by atoms with E-state index in [0.717, 1.165) is 30.8 Å². The van der Waals surface area contributed by atoms with Gasteiger partial charge >= 0.3 is 0 Å². The lowest BCUT2D eigenvalue weighted by Crippen LogP contribution is -2.25. The Bertz CT molecular complexity index is 643. The minimum Gasteiger partial charge on any atom is -0.333 e. The van der Waals surface area contributed by atoms with E-state index >= 15 is 0 Å². The highest BCUT2D eigenvalue weighted by Crippen LogP contribution is 2.28. The van der Waals surface area contributed by atoms with Gasteiger partial charge in [-0.2, -0.15) is 0 Å². The molecule has 0 saturated carbocycles. The number of hydrogen-bond acceptors (Lipinski definition) is 1. The molecule has 0 N–H and O–H groups in total. The van der Waals surface area contributed by atoms with Gasteiger partial charge in [0.15, 0.2) is 0 Å². The van der Waals surface area contributed by atoms with Crippen LogP contribution in [0.2, 0.25) is 0 Å². The summed E-state index contributed by atoms with van der Waals surface area (Å²) in [5.74, 6) is 1.16. The lowest BCUT2D eigenvalue weighted by Gasteiger charge is -2.21. The van der Waals surface area contributed by atoms with Crippen LogP contribution in [0.1, 0.15) is 24.0 Å². The summed E-state index contributed by atoms with van der Waals surface area (Å²) in [6.45, 7) is 2.12. The summed E-state index contributed by atoms with van der Waals surface area (Å²) in [4.78, 5) is 7.14. The maximum atomic E-state index is 4.90. The first-order valence-electron chi connectivity index (χ1n) is 7.20. The molecule has 1 aliphatic rings. The summed E-state index contributed by atoms with van der Waals surface area (Å²) >= 11 is 0. The standard InChI is InChI=1S/C18H20N2/c1-14-8-3-5-11-16(14)19-18-13-7-10-15-9-4-6-12-17(15)20(18)2/h3-6,8-9,11-12H,7,10,13H2,1-2H3/b19-18+. The van der Waals surface area contributed by atoms with Crippen molar-refractivity contribution in [2.45, 2.75) is 26.2 Å². The van der Waals surface area contributed by atoms with E-state index in [4.69, 9.17) is 4.99 Å². The van der Waals surface area contributed by atoms with Gasteiger partial charge in [0.2, 0.25) is 0 Å². The fourth-order valence-electron chi connectivity index (χ4n) is 2.75. The molecule has 0 aromatic heterocycles. The van der Waals surface area contributed by atoms with Gasteiger partial charge in [-0.3, -0.25) is 0 Å². The molecule has 20 heavy (non-hydrogen) atoms. The Kier molecular flexibility index (Phi) is 3.55. The van der Waals surface area contributed by atoms with Crippen LogP contribution in [0.4, 0.5) is 11.4 Å². The van der Waals surface area contributed by atoms with E-state index < -0.39 is 0 Å². The van der Waals surface area contributed by atoms with Crippen molar-refractivity contribution in [1.82, 2.24) is 0 Å². The summed E-state index contributed by atoms with van der Waals surface area (Å²) in [6.07, 6.45) is 3.32. The summed E-state index contributed by atoms with van der Waals surface area (Å²) in [6, 6.07) is 17.0. The van der Waals surface area contributed by atoms with Crippen LogP contribution >= 0.6 is 0 Å². The largest absolute Gasteiger partial charge is 0.333 e. The zero-order valence-corrected chi connectivity index (χ0v) is 12.1. The van der Waals surface area contributed by atoms with E-state index in [1.807, 2.05) is 0 Å². The molecule has 0 bridgehead atoms. The number of hydrogen-bond donors (Lipinski definition) is 0. The van der Waals surface area contributed by atoms with E-state index in [-0.39, 0.29) is 0 Å². The second-order valence-corrected chi connectivity index (χ2v) is 5.36. The molecular weight excluding hydrogens is 244 g/mol. The first kappa shape index (κ1) is 12.9. The number of anilines is 1. The Hall–Kier alpha value is -2.09. The molecular formula is C18H20N2. The van der Waals surface area contributed by atoms with Crippen LogP contribution in [-0.4, -0.2) is 12.9 Å². The molecule has 3 rings (SSSR count). The maximum Gasteiger partial charge on any atom is 0.109 e. The number of fused-ring (bicyclic) bond motifs is 1. The highest BCUT2D eigenvalue weighted by molar-refractivity contribution is 6.00. The van der Waals surface area contributed by atoms with Crippen LogP contribution in [0.25, 0.3) is 0 Å². The minimum atomic E-state index is 1.03. The van der Waals surface area contributed by atoms with E-state index in [0.29, 0.717) is 0 Å². The Labute approximate surface area is 120 Å². The van der Waals surface area contributed by atoms with Crippen LogP contribution in [0, 0.1) is 6.92 Å². The first-order valence-corrected chi connectivity index (χ1v) is 7.20. The van der Waals surface area contributed by atoms with Crippen LogP contribution < -0.4 is 4.90 Å². The van der Waals surface area contributed by atoms with Gasteiger partial charge in [0.05, 0.1) is 5.69 Å². The molecule has 0 spiro atoms. The van der Waals surface area contributed by atoms with E-state index in [9.17, 15) is 0 Å². The molecule has 2 heteroatoms. The SMILES string of the molecule is Cc1ccccc1/N=C1\CCCc2ccccc2N1C. The Morgan fingerprint density at radius 2 is 1.70 bits per heavy atom. The maximum absolute atomic E-state index is 4.90. The fourth-order valence-corrected chi connectivity index (χ4v) is 2.75. The first-order chi connectivity index (χ1) is 9.75. The summed E-state index contributed by atoms with van der Waals surface area (Å²) in [7, 11) is 2.13. The molecule has 1 heterocycles. The lowest BCUT2D eigenvalue weighted by atomic mass is 10.1. The average molecular weight is 264 g/mol. The molecule has 0 atom stereocenters. The molecule has 2 aromatic carbocycles. The monoisotopic (exact) mass is 264 g/mol. The van der Waals surface area contributed by atoms with Gasteiger partial charge in [-0.05, 0) is 43.0 Å². The van der Waals surface area contributed by atoms with Gasteiger partial charge in [0.25, 0.3) is 0 Å². The zero-order chi connectivity index (χ0) is 13.9. The van der Waals surface area contributed by atoms with E-state index in [2.05, 4.69) is 67.4 Å². The van der Waals surface area contributed by atoms with Gasteiger partial charge in [0.1, 0.15) is 5.84 Å². The lowest BCUT2D eigenvalue weighted by molar-refractivity contribution is 0.876. The van der Waals surface area contributed by atoms with E-state index in [1.165, 1.54) is 16.8 Å². The summed E-state index contributed by atoms with van der Waals surface area (Å²) in [5.41, 5.74) is 5.02. The minimum absolute atomic E-state index is 1.03. The zero-order valence-electron chi connectivity index (χ0n) is 12.1. The molecule has 0 radical (unpaired) electrons. The normalized spacial score (nSPS) is 16.9. The number of aryl methyl sites for hydroxylation is 2. The predicted molar refractivity (Wildman–Crippen MR) is 86.1 cm³/mol. The Balaban J connectivity index is 2.01. The topological polar surface area (TPSA) is 15.6 Å². The molecule has 2 nitrogen and oxygen atoms in total. The molecule has 2 aromatic rings. The third kappa shape index (κ3) is 2.46. The highest BCUT2D eigenvalue weighted by atomic mass is 15.2. The van der Waals surface area contributed by atoms with Gasteiger partial charge in [0, 0.05) is 19.2 Å². The number of para-hydroxylation sites is 2. The van der Waals surface area contributed by atoms with Crippen molar-refractivity contribution in [3.8, 4) is 0 Å². The molecule has 0 fully saturated rings. The second kappa shape index (κ2) is 5.49. The van der Waals surface area contributed by atoms with Gasteiger partial charge in [-0.1, -0.05) is 36.4 Å². The third-order valence-electron chi connectivity index (χ3n) is 3.95. The summed E-state index contributed by atoms with van der Waals surface area (Å²) < 4.78 is 0. The highest BCUT2D eigenvalue weighted by Gasteiger charge is 2.17. The smallest absolute Gasteiger partial charge is 0.109 e. The number of benzene rings is 2. The van der Waals surface area contributed by atoms with Crippen molar-refractivity contribution in [3.05, 3.63) is 59.7 Å². The Morgan fingerprint density at radius 1 is 0.950 bits per heavy atom. The second-order valence-electron chi connectivity index (χ2n) is 5.36. The number of aliphatic imine (C=N–C) groups is 1.